The molecule has 0 saturated carbocycles. The maximum atomic E-state index is 12.2. The van der Waals surface area contributed by atoms with E-state index < -0.39 is 40.5 Å². The van der Waals surface area contributed by atoms with E-state index in [-0.39, 0.29) is 25.8 Å². The van der Waals surface area contributed by atoms with E-state index in [1.807, 2.05) is 0 Å². The minimum Gasteiger partial charge on any atom is -0.544 e. The molecule has 0 aromatic heterocycles. The summed E-state index contributed by atoms with van der Waals surface area (Å²) in [6.45, 7) is 7.48. The van der Waals surface area contributed by atoms with Crippen LogP contribution in [0.5, 0.6) is 0 Å². The van der Waals surface area contributed by atoms with Gasteiger partial charge >= 0.3 is 11.9 Å². The lowest BCUT2D eigenvalue weighted by Gasteiger charge is -2.51. The van der Waals surface area contributed by atoms with Gasteiger partial charge in [0.15, 0.2) is 12.1 Å². The van der Waals surface area contributed by atoms with Crippen molar-refractivity contribution in [2.75, 3.05) is 6.54 Å². The van der Waals surface area contributed by atoms with E-state index in [0.717, 1.165) is 25.7 Å². The topological polar surface area (TPSA) is 115 Å². The monoisotopic (exact) mass is 539 g/mol. The van der Waals surface area contributed by atoms with Gasteiger partial charge in [0.05, 0.1) is 12.5 Å². The molecule has 0 aliphatic heterocycles. The number of carboxylic acid groups (broad SMARTS) is 3. The molecule has 0 radical (unpaired) electrons. The molecule has 7 nitrogen and oxygen atoms in total. The minimum atomic E-state index is -1.37. The second kappa shape index (κ2) is 22.0. The molecule has 0 rings (SSSR count). The first kappa shape index (κ1) is 36.1. The maximum absolute atomic E-state index is 12.2. The quantitative estimate of drug-likeness (QED) is 0.0738. The van der Waals surface area contributed by atoms with Crippen molar-refractivity contribution in [1.29, 1.82) is 0 Å². The molecule has 222 valence electrons. The van der Waals surface area contributed by atoms with Crippen LogP contribution < -0.4 is 5.11 Å². The molecule has 38 heavy (non-hydrogen) atoms. The highest BCUT2D eigenvalue weighted by Crippen LogP contribution is 2.32. The van der Waals surface area contributed by atoms with Crippen molar-refractivity contribution in [1.82, 2.24) is 0 Å². The van der Waals surface area contributed by atoms with Crippen molar-refractivity contribution in [3.05, 3.63) is 12.2 Å². The van der Waals surface area contributed by atoms with Gasteiger partial charge in [-0.25, -0.2) is 9.59 Å². The molecule has 0 aromatic rings. The van der Waals surface area contributed by atoms with E-state index in [4.69, 9.17) is 0 Å². The number of nitrogens with zero attached hydrogens (tertiary/aromatic N) is 1. The number of unbranched alkanes of at least 4 members (excludes halogenated alkanes) is 13. The second-order valence-corrected chi connectivity index (χ2v) is 10.8. The van der Waals surface area contributed by atoms with Crippen LogP contribution in [0.4, 0.5) is 0 Å². The molecule has 7 heteroatoms. The predicted molar refractivity (Wildman–Crippen MR) is 152 cm³/mol. The van der Waals surface area contributed by atoms with Gasteiger partial charge in [-0.1, -0.05) is 97.6 Å². The summed E-state index contributed by atoms with van der Waals surface area (Å²) in [4.78, 5) is 36.6. The van der Waals surface area contributed by atoms with Crippen LogP contribution in [0.2, 0.25) is 0 Å². The Bertz CT molecular complexity index is 622. The average molecular weight is 540 g/mol. The maximum Gasteiger partial charge on any atom is 0.362 e. The number of carboxylic acids is 3. The minimum absolute atomic E-state index is 0.123. The molecule has 0 spiro atoms. The third-order valence-corrected chi connectivity index (χ3v) is 8.05. The molecule has 0 saturated heterocycles. The van der Waals surface area contributed by atoms with E-state index in [2.05, 4.69) is 19.1 Å². The third kappa shape index (κ3) is 12.8. The van der Waals surface area contributed by atoms with Gasteiger partial charge in [-0.2, -0.15) is 0 Å². The molecule has 0 heterocycles. The van der Waals surface area contributed by atoms with Crippen molar-refractivity contribution in [2.45, 2.75) is 161 Å². The smallest absolute Gasteiger partial charge is 0.362 e. The second-order valence-electron chi connectivity index (χ2n) is 10.8. The van der Waals surface area contributed by atoms with Crippen molar-refractivity contribution in [3.8, 4) is 0 Å². The van der Waals surface area contributed by atoms with Crippen LogP contribution in [-0.2, 0) is 14.4 Å². The standard InChI is InChI=1S/C31H57NO6/c1-5-9-10-11-12-13-14-15-16-17-18-19-20-21-22-23-24-25-32(26(6-2)29(33)34,27(7-3)30(35)36)28(8-4)31(37)38/h19-20,26-28H,5-18,21-25H2,1-4H3,(H2-,33,34,35,36,37,38)/b20-19+. The van der Waals surface area contributed by atoms with Crippen LogP contribution in [0, 0.1) is 0 Å². The molecule has 0 fully saturated rings. The van der Waals surface area contributed by atoms with Gasteiger partial charge in [0.2, 0.25) is 0 Å². The fourth-order valence-corrected chi connectivity index (χ4v) is 6.07. The van der Waals surface area contributed by atoms with Crippen LogP contribution in [0.1, 0.15) is 143 Å². The Morgan fingerprint density at radius 3 is 1.32 bits per heavy atom. The number of carbonyl (C=O) groups excluding carboxylic acids is 1. The van der Waals surface area contributed by atoms with Gasteiger partial charge in [-0.05, 0) is 38.5 Å². The molecule has 0 aliphatic carbocycles. The van der Waals surface area contributed by atoms with Crippen molar-refractivity contribution < 1.29 is 34.2 Å². The fraction of sp³-hybridized carbons (Fsp3) is 0.839. The molecule has 3 atom stereocenters. The average Bonchev–Trinajstić information content (AvgIpc) is 2.86. The van der Waals surface area contributed by atoms with Gasteiger partial charge in [-0.3, -0.25) is 4.48 Å². The summed E-state index contributed by atoms with van der Waals surface area (Å²) in [6, 6.07) is -3.40. The molecule has 3 unspecified atom stereocenters. The summed E-state index contributed by atoms with van der Waals surface area (Å²) in [5.74, 6) is -3.68. The molecule has 0 bridgehead atoms. The highest BCUT2D eigenvalue weighted by atomic mass is 16.4. The number of carbonyl (C=O) groups is 3. The van der Waals surface area contributed by atoms with E-state index in [1.54, 1.807) is 20.8 Å². The summed E-state index contributed by atoms with van der Waals surface area (Å²) in [6.07, 6.45) is 22.5. The summed E-state index contributed by atoms with van der Waals surface area (Å²) in [5, 5.41) is 32.1. The van der Waals surface area contributed by atoms with Crippen molar-refractivity contribution >= 4 is 17.9 Å². The Labute approximate surface area is 232 Å². The molecule has 2 N–H and O–H groups in total. The third-order valence-electron chi connectivity index (χ3n) is 8.05. The number of hydrogen-bond donors (Lipinski definition) is 2. The first-order chi connectivity index (χ1) is 18.2. The first-order valence-corrected chi connectivity index (χ1v) is 15.4. The number of allylic oxidation sites excluding steroid dienone is 2. The first-order valence-electron chi connectivity index (χ1n) is 15.4. The number of aliphatic carboxylic acids is 3. The molecular formula is C31H57NO6. The molecule has 0 amide bonds. The fourth-order valence-electron chi connectivity index (χ4n) is 6.07. The van der Waals surface area contributed by atoms with Crippen LogP contribution in [0.25, 0.3) is 0 Å². The van der Waals surface area contributed by atoms with Gasteiger partial charge < -0.3 is 20.1 Å². The Morgan fingerprint density at radius 2 is 0.974 bits per heavy atom. The van der Waals surface area contributed by atoms with Crippen LogP contribution in [0.15, 0.2) is 12.2 Å². The summed E-state index contributed by atoms with van der Waals surface area (Å²) >= 11 is 0. The Kier molecular flexibility index (Phi) is 20.9. The number of quaternary nitrogens is 1. The number of hydrogen-bond acceptors (Lipinski definition) is 4. The zero-order chi connectivity index (χ0) is 28.8. The highest BCUT2D eigenvalue weighted by Gasteiger charge is 2.53. The van der Waals surface area contributed by atoms with Crippen LogP contribution in [0.3, 0.4) is 0 Å². The van der Waals surface area contributed by atoms with Crippen LogP contribution >= 0.6 is 0 Å². The van der Waals surface area contributed by atoms with Crippen molar-refractivity contribution in [2.24, 2.45) is 0 Å². The Balaban J connectivity index is 4.73. The summed E-state index contributed by atoms with van der Waals surface area (Å²) < 4.78 is -0.481. The van der Waals surface area contributed by atoms with Gasteiger partial charge in [0.25, 0.3) is 0 Å². The SMILES string of the molecule is CCCCCCCCCCCC/C=C/CCCCC[N+](C(CC)C(=O)[O-])(C(CC)C(=O)O)C(CC)C(=O)O. The largest absolute Gasteiger partial charge is 0.544 e. The number of rotatable bonds is 26. The van der Waals surface area contributed by atoms with Crippen LogP contribution in [-0.4, -0.2) is 57.3 Å². The lowest BCUT2D eigenvalue weighted by Crippen LogP contribution is -2.73. The molecular weight excluding hydrogens is 482 g/mol. The lowest BCUT2D eigenvalue weighted by atomic mass is 9.94. The van der Waals surface area contributed by atoms with Gasteiger partial charge in [-0.15, -0.1) is 0 Å². The van der Waals surface area contributed by atoms with Crippen molar-refractivity contribution in [3.63, 3.8) is 0 Å². The Morgan fingerprint density at radius 1 is 0.605 bits per heavy atom. The summed E-state index contributed by atoms with van der Waals surface area (Å²) in [5.41, 5.74) is 0. The predicted octanol–water partition coefficient (Wildman–Crippen LogP) is 6.49. The van der Waals surface area contributed by atoms with E-state index >= 15 is 0 Å². The Hall–Kier alpha value is -1.89. The highest BCUT2D eigenvalue weighted by molar-refractivity contribution is 5.77. The zero-order valence-electron chi connectivity index (χ0n) is 24.8. The van der Waals surface area contributed by atoms with Gasteiger partial charge in [0, 0.05) is 19.3 Å². The van der Waals surface area contributed by atoms with E-state index in [1.165, 1.54) is 64.2 Å². The zero-order valence-corrected chi connectivity index (χ0v) is 24.8. The van der Waals surface area contributed by atoms with E-state index in [0.29, 0.717) is 6.42 Å². The normalized spacial score (nSPS) is 15.7. The van der Waals surface area contributed by atoms with E-state index in [9.17, 15) is 29.7 Å². The lowest BCUT2D eigenvalue weighted by molar-refractivity contribution is -0.974. The molecule has 0 aromatic carbocycles. The summed E-state index contributed by atoms with van der Waals surface area (Å²) in [7, 11) is 0. The molecule has 0 aliphatic rings. The van der Waals surface area contributed by atoms with Gasteiger partial charge in [0.1, 0.15) is 6.04 Å².